The molecule has 0 aliphatic heterocycles. The number of sulfonamides is 1. The number of rotatable bonds is 4. The summed E-state index contributed by atoms with van der Waals surface area (Å²) in [6, 6.07) is 2.17. The molecule has 1 heterocycles. The van der Waals surface area contributed by atoms with Crippen LogP contribution in [0, 0.1) is 17.2 Å². The summed E-state index contributed by atoms with van der Waals surface area (Å²) >= 11 is 1.43. The van der Waals surface area contributed by atoms with Crippen LogP contribution in [0.2, 0.25) is 0 Å². The van der Waals surface area contributed by atoms with Crippen LogP contribution >= 0.6 is 11.3 Å². The Bertz CT molecular complexity index is 611. The Balaban J connectivity index is 2.35. The Hall–Kier alpha value is -1.06. The molecule has 0 saturated heterocycles. The van der Waals surface area contributed by atoms with E-state index in [1.54, 1.807) is 0 Å². The topological polar surface area (TPSA) is 70.0 Å². The van der Waals surface area contributed by atoms with E-state index in [1.807, 2.05) is 6.92 Å². The van der Waals surface area contributed by atoms with Crippen LogP contribution in [-0.2, 0) is 22.9 Å². The second kappa shape index (κ2) is 5.51. The van der Waals surface area contributed by atoms with E-state index >= 15 is 0 Å². The average Bonchev–Trinajstić information content (AvgIpc) is 2.63. The fourth-order valence-corrected chi connectivity index (χ4v) is 5.19. The van der Waals surface area contributed by atoms with Crippen LogP contribution in [-0.4, -0.2) is 14.2 Å². The molecule has 1 unspecified atom stereocenters. The van der Waals surface area contributed by atoms with Crippen molar-refractivity contribution in [2.75, 3.05) is 10.5 Å². The number of hydrogen-bond acceptors (Lipinski definition) is 4. The van der Waals surface area contributed by atoms with E-state index in [0.717, 1.165) is 24.8 Å². The van der Waals surface area contributed by atoms with Gasteiger partial charge in [0.2, 0.25) is 10.0 Å². The molecule has 0 spiro atoms. The van der Waals surface area contributed by atoms with Crippen LogP contribution in [0.5, 0.6) is 0 Å². The summed E-state index contributed by atoms with van der Waals surface area (Å²) in [5.41, 5.74) is 1.59. The Kier molecular flexibility index (Phi) is 4.16. The minimum absolute atomic E-state index is 0.0941. The SMILES string of the molecule is CCCS(=O)(=O)Nc1sc2c(c1C#N)CCC(C)C2. The quantitative estimate of drug-likeness (QED) is 0.929. The molecule has 1 atom stereocenters. The third-order valence-electron chi connectivity index (χ3n) is 3.34. The third kappa shape index (κ3) is 3.10. The van der Waals surface area contributed by atoms with Gasteiger partial charge in [-0.1, -0.05) is 13.8 Å². The molecule has 0 aromatic carbocycles. The van der Waals surface area contributed by atoms with Gasteiger partial charge in [-0.05, 0) is 37.2 Å². The molecule has 0 bridgehead atoms. The van der Waals surface area contributed by atoms with E-state index in [9.17, 15) is 13.7 Å². The van der Waals surface area contributed by atoms with Crippen LogP contribution in [0.3, 0.4) is 0 Å². The van der Waals surface area contributed by atoms with Crippen molar-refractivity contribution in [3.8, 4) is 6.07 Å². The summed E-state index contributed by atoms with van der Waals surface area (Å²) in [6.07, 6.45) is 3.47. The lowest BCUT2D eigenvalue weighted by molar-refractivity contribution is 0.507. The van der Waals surface area contributed by atoms with Crippen molar-refractivity contribution in [2.24, 2.45) is 5.92 Å². The maximum atomic E-state index is 11.8. The van der Waals surface area contributed by atoms with E-state index in [0.29, 0.717) is 22.9 Å². The van der Waals surface area contributed by atoms with Gasteiger partial charge in [0.25, 0.3) is 0 Å². The van der Waals surface area contributed by atoms with Gasteiger partial charge in [-0.2, -0.15) is 5.26 Å². The highest BCUT2D eigenvalue weighted by Crippen LogP contribution is 2.39. The van der Waals surface area contributed by atoms with Crippen LogP contribution in [0.1, 0.15) is 42.7 Å². The molecule has 0 saturated carbocycles. The molecule has 6 heteroatoms. The van der Waals surface area contributed by atoms with E-state index in [4.69, 9.17) is 0 Å². The van der Waals surface area contributed by atoms with Crippen molar-refractivity contribution >= 4 is 26.4 Å². The molecule has 4 nitrogen and oxygen atoms in total. The Morgan fingerprint density at radius 3 is 2.89 bits per heavy atom. The lowest BCUT2D eigenvalue weighted by Crippen LogP contribution is -2.16. The predicted octanol–water partition coefficient (Wildman–Crippen LogP) is 2.90. The average molecular weight is 298 g/mol. The van der Waals surface area contributed by atoms with Gasteiger partial charge in [-0.15, -0.1) is 11.3 Å². The van der Waals surface area contributed by atoms with Crippen molar-refractivity contribution in [3.05, 3.63) is 16.0 Å². The van der Waals surface area contributed by atoms with Crippen LogP contribution in [0.15, 0.2) is 0 Å². The maximum Gasteiger partial charge on any atom is 0.233 e. The van der Waals surface area contributed by atoms with Gasteiger partial charge < -0.3 is 0 Å². The number of nitrogens with zero attached hydrogens (tertiary/aromatic N) is 1. The van der Waals surface area contributed by atoms with Crippen LogP contribution in [0.25, 0.3) is 0 Å². The molecule has 19 heavy (non-hydrogen) atoms. The van der Waals surface area contributed by atoms with Gasteiger partial charge >= 0.3 is 0 Å². The maximum absolute atomic E-state index is 11.8. The summed E-state index contributed by atoms with van der Waals surface area (Å²) < 4.78 is 26.2. The molecule has 1 aliphatic carbocycles. The van der Waals surface area contributed by atoms with Gasteiger partial charge in [0.1, 0.15) is 11.1 Å². The molecular weight excluding hydrogens is 280 g/mol. The molecule has 0 fully saturated rings. The first kappa shape index (κ1) is 14.4. The first-order valence-corrected chi connectivity index (χ1v) is 8.98. The zero-order valence-electron chi connectivity index (χ0n) is 11.2. The van der Waals surface area contributed by atoms with Crippen molar-refractivity contribution in [2.45, 2.75) is 39.5 Å². The first-order valence-electron chi connectivity index (χ1n) is 6.52. The molecule has 1 aromatic rings. The summed E-state index contributed by atoms with van der Waals surface area (Å²) in [7, 11) is -3.32. The van der Waals surface area contributed by atoms with Gasteiger partial charge in [0.05, 0.1) is 11.3 Å². The van der Waals surface area contributed by atoms with Crippen molar-refractivity contribution in [3.63, 3.8) is 0 Å². The highest BCUT2D eigenvalue weighted by molar-refractivity contribution is 7.92. The van der Waals surface area contributed by atoms with E-state index in [-0.39, 0.29) is 5.75 Å². The predicted molar refractivity (Wildman–Crippen MR) is 77.9 cm³/mol. The number of nitrogens with one attached hydrogen (secondary N) is 1. The number of fused-ring (bicyclic) bond motifs is 1. The van der Waals surface area contributed by atoms with Crippen LogP contribution in [0.4, 0.5) is 5.00 Å². The number of hydrogen-bond donors (Lipinski definition) is 1. The van der Waals surface area contributed by atoms with Crippen molar-refractivity contribution in [1.29, 1.82) is 5.26 Å². The minimum Gasteiger partial charge on any atom is -0.273 e. The lowest BCUT2D eigenvalue weighted by Gasteiger charge is -2.17. The molecule has 0 radical (unpaired) electrons. The second-order valence-electron chi connectivity index (χ2n) is 5.09. The fraction of sp³-hybridized carbons (Fsp3) is 0.615. The number of thiophene rings is 1. The van der Waals surface area contributed by atoms with E-state index in [2.05, 4.69) is 17.7 Å². The van der Waals surface area contributed by atoms with Gasteiger partial charge in [-0.3, -0.25) is 4.72 Å². The molecule has 104 valence electrons. The highest BCUT2D eigenvalue weighted by Gasteiger charge is 2.25. The van der Waals surface area contributed by atoms with E-state index < -0.39 is 10.0 Å². The summed E-state index contributed by atoms with van der Waals surface area (Å²) in [4.78, 5) is 1.17. The summed E-state index contributed by atoms with van der Waals surface area (Å²) in [6.45, 7) is 4.02. The molecule has 1 aromatic heterocycles. The van der Waals surface area contributed by atoms with Crippen LogP contribution < -0.4 is 4.72 Å². The fourth-order valence-electron chi connectivity index (χ4n) is 2.40. The molecule has 0 amide bonds. The lowest BCUT2D eigenvalue weighted by atomic mass is 9.89. The standard InChI is InChI=1S/C13H18N2O2S2/c1-3-6-19(16,17)15-13-11(8-14)10-5-4-9(2)7-12(10)18-13/h9,15H,3-7H2,1-2H3. The zero-order chi connectivity index (χ0) is 14.0. The third-order valence-corrected chi connectivity index (χ3v) is 6.10. The number of nitriles is 1. The van der Waals surface area contributed by atoms with Gasteiger partial charge in [0, 0.05) is 4.88 Å². The van der Waals surface area contributed by atoms with Crippen molar-refractivity contribution in [1.82, 2.24) is 0 Å². The summed E-state index contributed by atoms with van der Waals surface area (Å²) in [5.74, 6) is 0.703. The Morgan fingerprint density at radius 1 is 1.53 bits per heavy atom. The monoisotopic (exact) mass is 298 g/mol. The van der Waals surface area contributed by atoms with Gasteiger partial charge in [0.15, 0.2) is 0 Å². The zero-order valence-corrected chi connectivity index (χ0v) is 12.8. The van der Waals surface area contributed by atoms with Gasteiger partial charge in [-0.25, -0.2) is 8.42 Å². The normalized spacial score (nSPS) is 18.7. The largest absolute Gasteiger partial charge is 0.273 e. The minimum atomic E-state index is -3.32. The Labute approximate surface area is 118 Å². The molecule has 1 N–H and O–H groups in total. The molecular formula is C13H18N2O2S2. The second-order valence-corrected chi connectivity index (χ2v) is 8.04. The summed E-state index contributed by atoms with van der Waals surface area (Å²) in [5, 5.41) is 9.79. The highest BCUT2D eigenvalue weighted by atomic mass is 32.2. The molecule has 1 aliphatic rings. The first-order chi connectivity index (χ1) is 8.96. The Morgan fingerprint density at radius 2 is 2.26 bits per heavy atom. The van der Waals surface area contributed by atoms with E-state index in [1.165, 1.54) is 16.2 Å². The van der Waals surface area contributed by atoms with Crippen molar-refractivity contribution < 1.29 is 8.42 Å². The number of anilines is 1. The molecule has 2 rings (SSSR count). The smallest absolute Gasteiger partial charge is 0.233 e.